The Hall–Kier alpha value is -3.33. The van der Waals surface area contributed by atoms with Gasteiger partial charge in [-0.15, -0.1) is 0 Å². The maximum absolute atomic E-state index is 12.3. The van der Waals surface area contributed by atoms with E-state index in [1.165, 1.54) is 0 Å². The van der Waals surface area contributed by atoms with Crippen LogP contribution in [-0.2, 0) is 20.6 Å². The second kappa shape index (κ2) is 14.9. The molecule has 36 heavy (non-hydrogen) atoms. The van der Waals surface area contributed by atoms with E-state index in [1.54, 1.807) is 7.11 Å². The third-order valence-electron chi connectivity index (χ3n) is 5.86. The van der Waals surface area contributed by atoms with Crippen molar-refractivity contribution in [2.75, 3.05) is 40.2 Å². The molecule has 0 aliphatic heterocycles. The van der Waals surface area contributed by atoms with E-state index in [2.05, 4.69) is 36.6 Å². The first-order valence-corrected chi connectivity index (χ1v) is 12.3. The van der Waals surface area contributed by atoms with Crippen molar-refractivity contribution in [1.82, 2.24) is 0 Å². The molecule has 2 aromatic rings. The fourth-order valence-electron chi connectivity index (χ4n) is 3.78. The minimum atomic E-state index is -0.290. The number of ether oxygens (including phenoxy) is 3. The molecule has 0 fully saturated rings. The number of alkyl halides is 1. The van der Waals surface area contributed by atoms with Crippen LogP contribution in [0.2, 0.25) is 0 Å². The van der Waals surface area contributed by atoms with Crippen LogP contribution in [0, 0.1) is 11.8 Å². The monoisotopic (exact) mass is 490 g/mol. The Morgan fingerprint density at radius 1 is 1.00 bits per heavy atom. The summed E-state index contributed by atoms with van der Waals surface area (Å²) in [5.41, 5.74) is 4.90. The fourth-order valence-corrected chi connectivity index (χ4v) is 3.78. The van der Waals surface area contributed by atoms with E-state index < -0.39 is 0 Å². The molecule has 0 amide bonds. The molecular weight excluding hydrogens is 455 g/mol. The van der Waals surface area contributed by atoms with Gasteiger partial charge in [-0.05, 0) is 59.9 Å². The summed E-state index contributed by atoms with van der Waals surface area (Å²) in [5.74, 6) is 8.14. The van der Waals surface area contributed by atoms with Gasteiger partial charge in [0, 0.05) is 43.1 Å². The van der Waals surface area contributed by atoms with Crippen molar-refractivity contribution >= 4 is 0 Å². The van der Waals surface area contributed by atoms with Crippen LogP contribution in [0.4, 0.5) is 4.39 Å². The standard InChI is InChI=1S/C31H35FO4/c1-24(23-33)15-17-35-30-20-29(21-31(22-30)36-19-18-34-2)28-13-11-27(12-14-28)10-9-26-7-5-25(6-8-26)4-3-16-32/h5-8,11-14,20,22,29,33H,1,3-4,15-19,21,23H2,2H3. The molecule has 4 nitrogen and oxygen atoms in total. The maximum Gasteiger partial charge on any atom is 0.119 e. The van der Waals surface area contributed by atoms with Crippen LogP contribution >= 0.6 is 0 Å². The average molecular weight is 491 g/mol. The van der Waals surface area contributed by atoms with Gasteiger partial charge in [0.1, 0.15) is 18.1 Å². The first-order valence-electron chi connectivity index (χ1n) is 12.3. The summed E-state index contributed by atoms with van der Waals surface area (Å²) in [5, 5.41) is 9.16. The van der Waals surface area contributed by atoms with Gasteiger partial charge in [-0.1, -0.05) is 42.7 Å². The van der Waals surface area contributed by atoms with Crippen LogP contribution in [0.15, 0.2) is 84.4 Å². The van der Waals surface area contributed by atoms with Crippen molar-refractivity contribution in [3.05, 3.63) is 107 Å². The highest BCUT2D eigenvalue weighted by molar-refractivity contribution is 5.45. The molecule has 1 N–H and O–H groups in total. The summed E-state index contributed by atoms with van der Waals surface area (Å²) in [6, 6.07) is 16.2. The summed E-state index contributed by atoms with van der Waals surface area (Å²) in [7, 11) is 1.65. The number of aliphatic hydroxyl groups excluding tert-OH is 1. The number of hydrogen-bond donors (Lipinski definition) is 1. The lowest BCUT2D eigenvalue weighted by Gasteiger charge is -2.23. The first kappa shape index (κ1) is 27.3. The molecule has 1 aliphatic carbocycles. The topological polar surface area (TPSA) is 47.9 Å². The smallest absolute Gasteiger partial charge is 0.119 e. The number of methoxy groups -OCH3 is 1. The molecule has 0 heterocycles. The third kappa shape index (κ3) is 9.03. The Kier molecular flexibility index (Phi) is 11.3. The number of rotatable bonds is 13. The number of aryl methyl sites for hydroxylation is 1. The summed E-state index contributed by atoms with van der Waals surface area (Å²) in [6.07, 6.45) is 6.67. The van der Waals surface area contributed by atoms with E-state index in [1.807, 2.05) is 42.5 Å². The van der Waals surface area contributed by atoms with E-state index >= 15 is 0 Å². The Labute approximate surface area is 214 Å². The average Bonchev–Trinajstić information content (AvgIpc) is 2.91. The van der Waals surface area contributed by atoms with Crippen LogP contribution in [0.25, 0.3) is 0 Å². The van der Waals surface area contributed by atoms with Crippen molar-refractivity contribution in [2.45, 2.75) is 31.6 Å². The van der Waals surface area contributed by atoms with Gasteiger partial charge in [0.05, 0.1) is 26.5 Å². The molecule has 190 valence electrons. The summed E-state index contributed by atoms with van der Waals surface area (Å²) >= 11 is 0. The molecule has 2 aromatic carbocycles. The molecule has 1 atom stereocenters. The van der Waals surface area contributed by atoms with Crippen LogP contribution < -0.4 is 0 Å². The van der Waals surface area contributed by atoms with Crippen LogP contribution in [0.3, 0.4) is 0 Å². The molecule has 0 aromatic heterocycles. The number of allylic oxidation sites excluding steroid dienone is 3. The Bertz CT molecular complexity index is 1090. The van der Waals surface area contributed by atoms with E-state index in [0.717, 1.165) is 52.2 Å². The number of aliphatic hydroxyl groups is 1. The highest BCUT2D eigenvalue weighted by Crippen LogP contribution is 2.32. The van der Waals surface area contributed by atoms with Gasteiger partial charge < -0.3 is 19.3 Å². The lowest BCUT2D eigenvalue weighted by atomic mass is 9.90. The maximum atomic E-state index is 12.3. The van der Waals surface area contributed by atoms with E-state index in [0.29, 0.717) is 32.7 Å². The van der Waals surface area contributed by atoms with Crippen LogP contribution in [0.1, 0.15) is 47.4 Å². The molecule has 0 bridgehead atoms. The highest BCUT2D eigenvalue weighted by atomic mass is 19.1. The number of benzene rings is 2. The largest absolute Gasteiger partial charge is 0.495 e. The van der Waals surface area contributed by atoms with Crippen LogP contribution in [-0.4, -0.2) is 45.3 Å². The van der Waals surface area contributed by atoms with Gasteiger partial charge in [-0.25, -0.2) is 0 Å². The molecule has 0 spiro atoms. The van der Waals surface area contributed by atoms with E-state index in [4.69, 9.17) is 19.3 Å². The van der Waals surface area contributed by atoms with Crippen molar-refractivity contribution in [2.24, 2.45) is 0 Å². The molecule has 0 saturated carbocycles. The number of hydrogen-bond acceptors (Lipinski definition) is 4. The van der Waals surface area contributed by atoms with Crippen molar-refractivity contribution in [1.29, 1.82) is 0 Å². The van der Waals surface area contributed by atoms with E-state index in [-0.39, 0.29) is 19.2 Å². The highest BCUT2D eigenvalue weighted by Gasteiger charge is 2.19. The van der Waals surface area contributed by atoms with Gasteiger partial charge in [0.2, 0.25) is 0 Å². The molecule has 1 unspecified atom stereocenters. The first-order chi connectivity index (χ1) is 17.6. The predicted molar refractivity (Wildman–Crippen MR) is 141 cm³/mol. The van der Waals surface area contributed by atoms with Crippen molar-refractivity contribution in [3.8, 4) is 11.8 Å². The van der Waals surface area contributed by atoms with E-state index in [9.17, 15) is 4.39 Å². The molecule has 0 radical (unpaired) electrons. The van der Waals surface area contributed by atoms with Crippen LogP contribution in [0.5, 0.6) is 0 Å². The zero-order chi connectivity index (χ0) is 25.6. The molecule has 1 aliphatic rings. The summed E-state index contributed by atoms with van der Waals surface area (Å²) < 4.78 is 29.3. The molecule has 0 saturated heterocycles. The lowest BCUT2D eigenvalue weighted by molar-refractivity contribution is 0.103. The number of halogens is 1. The van der Waals surface area contributed by atoms with Crippen molar-refractivity contribution in [3.63, 3.8) is 0 Å². The Balaban J connectivity index is 1.66. The van der Waals surface area contributed by atoms with Gasteiger partial charge >= 0.3 is 0 Å². The van der Waals surface area contributed by atoms with Gasteiger partial charge in [0.25, 0.3) is 0 Å². The zero-order valence-corrected chi connectivity index (χ0v) is 21.0. The predicted octanol–water partition coefficient (Wildman–Crippen LogP) is 5.86. The zero-order valence-electron chi connectivity index (χ0n) is 21.0. The summed E-state index contributed by atoms with van der Waals surface area (Å²) in [6.45, 7) is 4.94. The minimum absolute atomic E-state index is 0.0345. The molecule has 5 heteroatoms. The SMILES string of the molecule is C=C(CO)CCOC1=CC(c2ccc(C#Cc3ccc(CCCF)cc3)cc2)CC(OCCOC)=C1. The minimum Gasteiger partial charge on any atom is -0.495 e. The third-order valence-corrected chi connectivity index (χ3v) is 5.86. The Morgan fingerprint density at radius 2 is 1.69 bits per heavy atom. The quantitative estimate of drug-likeness (QED) is 0.217. The normalized spacial score (nSPS) is 14.8. The van der Waals surface area contributed by atoms with Crippen molar-refractivity contribution < 1.29 is 23.7 Å². The van der Waals surface area contributed by atoms with Gasteiger partial charge in [0.15, 0.2) is 0 Å². The second-order valence-electron chi connectivity index (χ2n) is 8.70. The van der Waals surface area contributed by atoms with Gasteiger partial charge in [-0.3, -0.25) is 4.39 Å². The lowest BCUT2D eigenvalue weighted by Crippen LogP contribution is -2.11. The fraction of sp³-hybridized carbons (Fsp3) is 0.355. The Morgan fingerprint density at radius 3 is 2.33 bits per heavy atom. The molecular formula is C31H35FO4. The summed E-state index contributed by atoms with van der Waals surface area (Å²) in [4.78, 5) is 0. The molecule has 3 rings (SSSR count). The van der Waals surface area contributed by atoms with Gasteiger partial charge in [-0.2, -0.15) is 0 Å². The second-order valence-corrected chi connectivity index (χ2v) is 8.70.